The predicted molar refractivity (Wildman–Crippen MR) is 86.7 cm³/mol. The number of ether oxygens (including phenoxy) is 1. The minimum Gasteiger partial charge on any atom is -0.377 e. The number of nitrogens with one attached hydrogen (secondary N) is 2. The van der Waals surface area contributed by atoms with Crippen LogP contribution in [0.3, 0.4) is 0 Å². The largest absolute Gasteiger partial charge is 0.377 e. The van der Waals surface area contributed by atoms with E-state index in [0.29, 0.717) is 6.54 Å². The lowest BCUT2D eigenvalue weighted by atomic mass is 9.46. The molecule has 7 heteroatoms. The highest BCUT2D eigenvalue weighted by Crippen LogP contribution is 2.57. The van der Waals surface area contributed by atoms with Gasteiger partial charge in [-0.05, 0) is 26.7 Å². The summed E-state index contributed by atoms with van der Waals surface area (Å²) in [6, 6.07) is -0.586. The highest BCUT2D eigenvalue weighted by Gasteiger charge is 2.70. The average Bonchev–Trinajstić information content (AvgIpc) is 2.46. The third-order valence-electron chi connectivity index (χ3n) is 5.15. The Bertz CT molecular complexity index is 444. The summed E-state index contributed by atoms with van der Waals surface area (Å²) < 4.78 is 5.79. The molecule has 4 unspecified atom stereocenters. The highest BCUT2D eigenvalue weighted by molar-refractivity contribution is 5.93. The maximum atomic E-state index is 12.7. The molecule has 0 spiro atoms. The van der Waals surface area contributed by atoms with Crippen LogP contribution in [0, 0.1) is 11.3 Å². The molecule has 22 heavy (non-hydrogen) atoms. The summed E-state index contributed by atoms with van der Waals surface area (Å²) in [4.78, 5) is 24.4. The van der Waals surface area contributed by atoms with E-state index in [0.717, 1.165) is 19.4 Å². The Hall–Kier alpha value is -0.850. The number of nitrogens with two attached hydrogens (primary N) is 1. The van der Waals surface area contributed by atoms with Crippen LogP contribution in [0.4, 0.5) is 0 Å². The molecular formula is C15H28ClN3O3. The zero-order valence-electron chi connectivity index (χ0n) is 13.8. The topological polar surface area (TPSA) is 93.5 Å². The van der Waals surface area contributed by atoms with Crippen molar-refractivity contribution in [1.82, 2.24) is 10.6 Å². The number of hydrogen-bond acceptors (Lipinski definition) is 4. The van der Waals surface area contributed by atoms with Gasteiger partial charge < -0.3 is 21.1 Å². The van der Waals surface area contributed by atoms with Gasteiger partial charge in [-0.3, -0.25) is 9.59 Å². The van der Waals surface area contributed by atoms with Gasteiger partial charge in [0.05, 0.1) is 6.10 Å². The van der Waals surface area contributed by atoms with Gasteiger partial charge >= 0.3 is 0 Å². The molecule has 0 aromatic rings. The number of amides is 2. The Kier molecular flexibility index (Phi) is 5.87. The Morgan fingerprint density at radius 2 is 2.05 bits per heavy atom. The summed E-state index contributed by atoms with van der Waals surface area (Å²) in [7, 11) is 0. The van der Waals surface area contributed by atoms with E-state index in [4.69, 9.17) is 10.5 Å². The smallest absolute Gasteiger partial charge is 0.242 e. The van der Waals surface area contributed by atoms with Crippen molar-refractivity contribution in [3.8, 4) is 0 Å². The van der Waals surface area contributed by atoms with E-state index in [1.807, 2.05) is 20.8 Å². The fraction of sp³-hybridized carbons (Fsp3) is 0.867. The van der Waals surface area contributed by atoms with Gasteiger partial charge in [-0.2, -0.15) is 0 Å². The van der Waals surface area contributed by atoms with Crippen molar-refractivity contribution in [2.45, 2.75) is 58.2 Å². The molecule has 0 radical (unpaired) electrons. The van der Waals surface area contributed by atoms with E-state index in [1.54, 1.807) is 6.92 Å². The zero-order chi connectivity index (χ0) is 15.8. The van der Waals surface area contributed by atoms with Crippen LogP contribution in [0.1, 0.15) is 40.5 Å². The van der Waals surface area contributed by atoms with Gasteiger partial charge in [0.15, 0.2) is 0 Å². The van der Waals surface area contributed by atoms with Crippen LogP contribution in [0.2, 0.25) is 0 Å². The summed E-state index contributed by atoms with van der Waals surface area (Å²) in [5, 5.41) is 5.46. The zero-order valence-corrected chi connectivity index (χ0v) is 14.6. The minimum atomic E-state index is -0.973. The van der Waals surface area contributed by atoms with Crippen LogP contribution < -0.4 is 16.4 Å². The minimum absolute atomic E-state index is 0. The molecule has 4 atom stereocenters. The maximum Gasteiger partial charge on any atom is 0.242 e. The first kappa shape index (κ1) is 19.2. The molecule has 2 fully saturated rings. The first-order chi connectivity index (χ1) is 9.76. The van der Waals surface area contributed by atoms with Crippen molar-refractivity contribution in [1.29, 1.82) is 0 Å². The van der Waals surface area contributed by atoms with Crippen LogP contribution in [-0.4, -0.2) is 42.7 Å². The van der Waals surface area contributed by atoms with Crippen LogP contribution in [0.15, 0.2) is 0 Å². The average molecular weight is 334 g/mol. The summed E-state index contributed by atoms with van der Waals surface area (Å²) >= 11 is 0. The summed E-state index contributed by atoms with van der Waals surface area (Å²) in [6.07, 6.45) is 1.85. The van der Waals surface area contributed by atoms with Crippen LogP contribution in [0.25, 0.3) is 0 Å². The fourth-order valence-corrected chi connectivity index (χ4v) is 3.75. The predicted octanol–water partition coefficient (Wildman–Crippen LogP) is 0.582. The normalized spacial score (nSPS) is 33.5. The second-order valence-corrected chi connectivity index (χ2v) is 6.72. The number of likely N-dealkylation sites (N-methyl/N-ethyl adjacent to an activating group) is 1. The quantitative estimate of drug-likeness (QED) is 0.701. The number of fused-ring (bicyclic) bond motifs is 1. The van der Waals surface area contributed by atoms with Gasteiger partial charge in [0.2, 0.25) is 11.8 Å². The van der Waals surface area contributed by atoms with Gasteiger partial charge in [0, 0.05) is 24.5 Å². The Morgan fingerprint density at radius 3 is 2.64 bits per heavy atom. The molecule has 0 aromatic heterocycles. The van der Waals surface area contributed by atoms with Crippen molar-refractivity contribution < 1.29 is 14.3 Å². The molecular weight excluding hydrogens is 306 g/mol. The molecule has 4 N–H and O–H groups in total. The van der Waals surface area contributed by atoms with Crippen LogP contribution in [-0.2, 0) is 14.3 Å². The van der Waals surface area contributed by atoms with Gasteiger partial charge in [-0.1, -0.05) is 13.8 Å². The molecule has 1 saturated heterocycles. The van der Waals surface area contributed by atoms with Gasteiger partial charge in [-0.15, -0.1) is 12.4 Å². The van der Waals surface area contributed by atoms with Crippen molar-refractivity contribution >= 4 is 24.2 Å². The van der Waals surface area contributed by atoms with Gasteiger partial charge in [0.1, 0.15) is 11.6 Å². The third-order valence-corrected chi connectivity index (χ3v) is 5.15. The molecule has 2 rings (SSSR count). The Balaban J connectivity index is 0.00000242. The highest BCUT2D eigenvalue weighted by atomic mass is 35.5. The number of carbonyl (C=O) groups excluding carboxylic acids is 2. The van der Waals surface area contributed by atoms with Crippen molar-refractivity contribution in [2.24, 2.45) is 17.1 Å². The first-order valence-electron chi connectivity index (χ1n) is 7.76. The van der Waals surface area contributed by atoms with E-state index in [-0.39, 0.29) is 36.2 Å². The molecule has 128 valence electrons. The van der Waals surface area contributed by atoms with Gasteiger partial charge in [0.25, 0.3) is 0 Å². The molecule has 0 bridgehead atoms. The summed E-state index contributed by atoms with van der Waals surface area (Å²) in [5.74, 6) is -0.413. The van der Waals surface area contributed by atoms with E-state index in [1.165, 1.54) is 0 Å². The first-order valence-corrected chi connectivity index (χ1v) is 7.76. The lowest BCUT2D eigenvalue weighted by molar-refractivity contribution is -0.225. The molecule has 2 aliphatic rings. The number of carbonyl (C=O) groups is 2. The monoisotopic (exact) mass is 333 g/mol. The molecule has 1 aliphatic carbocycles. The molecule has 2 amide bonds. The van der Waals surface area contributed by atoms with Crippen LogP contribution in [0.5, 0.6) is 0 Å². The summed E-state index contributed by atoms with van der Waals surface area (Å²) in [5.41, 5.74) is 5.08. The second kappa shape index (κ2) is 6.72. The van der Waals surface area contributed by atoms with Crippen molar-refractivity contribution in [2.75, 3.05) is 13.2 Å². The lowest BCUT2D eigenvalue weighted by Crippen LogP contribution is -2.82. The van der Waals surface area contributed by atoms with Crippen molar-refractivity contribution in [3.63, 3.8) is 0 Å². The molecule has 0 aromatic carbocycles. The number of hydrogen-bond donors (Lipinski definition) is 3. The second-order valence-electron chi connectivity index (χ2n) is 6.72. The van der Waals surface area contributed by atoms with Gasteiger partial charge in [-0.25, -0.2) is 0 Å². The Labute approximate surface area is 138 Å². The third kappa shape index (κ3) is 2.72. The molecule has 6 nitrogen and oxygen atoms in total. The van der Waals surface area contributed by atoms with E-state index in [2.05, 4.69) is 10.6 Å². The number of rotatable bonds is 4. The maximum absolute atomic E-state index is 12.7. The van der Waals surface area contributed by atoms with E-state index < -0.39 is 17.0 Å². The summed E-state index contributed by atoms with van der Waals surface area (Å²) in [6.45, 7) is 8.72. The SMILES string of the molecule is CCNC(=O)C(C)NC(=O)C1(N)C2CCCOC2C1(C)C.Cl. The standard InChI is InChI=1S/C15H27N3O3.ClH/c1-5-17-12(19)9(2)18-13(20)15(16)10-7-6-8-21-11(10)14(15,3)4;/h9-11H,5-8,16H2,1-4H3,(H,17,19)(H,18,20);1H. The van der Waals surface area contributed by atoms with E-state index in [9.17, 15) is 9.59 Å². The molecule has 1 heterocycles. The lowest BCUT2D eigenvalue weighted by Gasteiger charge is -2.65. The van der Waals surface area contributed by atoms with Crippen LogP contribution >= 0.6 is 12.4 Å². The van der Waals surface area contributed by atoms with E-state index >= 15 is 0 Å². The fourth-order valence-electron chi connectivity index (χ4n) is 3.75. The Morgan fingerprint density at radius 1 is 1.41 bits per heavy atom. The number of halogens is 1. The molecule has 1 saturated carbocycles. The molecule has 1 aliphatic heterocycles. The van der Waals surface area contributed by atoms with Crippen molar-refractivity contribution in [3.05, 3.63) is 0 Å².